The Kier molecular flexibility index (Phi) is 7.49. The molecule has 0 radical (unpaired) electrons. The summed E-state index contributed by atoms with van der Waals surface area (Å²) in [7, 11) is 0. The molecular weight excluding hydrogens is 368 g/mol. The molecule has 150 valence electrons. The van der Waals surface area contributed by atoms with Crippen LogP contribution >= 0.6 is 0 Å². The van der Waals surface area contributed by atoms with Crippen molar-refractivity contribution >= 4 is 11.9 Å². The van der Waals surface area contributed by atoms with Crippen molar-refractivity contribution in [2.24, 2.45) is 0 Å². The van der Waals surface area contributed by atoms with Crippen LogP contribution < -0.4 is 10.1 Å². The fourth-order valence-electron chi connectivity index (χ4n) is 2.97. The summed E-state index contributed by atoms with van der Waals surface area (Å²) in [5, 5.41) is 12.5. The minimum atomic E-state index is -2.88. The molecule has 0 spiro atoms. The van der Waals surface area contributed by atoms with Crippen molar-refractivity contribution in [1.82, 2.24) is 5.32 Å². The number of hydrogen-bond donors (Lipinski definition) is 2. The molecule has 1 atom stereocenters. The molecule has 0 aliphatic carbocycles. The number of aryl methyl sites for hydroxylation is 1. The van der Waals surface area contributed by atoms with E-state index in [1.807, 2.05) is 6.07 Å². The number of amides is 1. The Bertz CT molecular complexity index is 781. The molecule has 1 amide bonds. The lowest BCUT2D eigenvalue weighted by molar-refractivity contribution is -0.144. The number of benzene rings is 2. The topological polar surface area (TPSA) is 75.6 Å². The highest BCUT2D eigenvalue weighted by molar-refractivity contribution is 5.83. The maximum Gasteiger partial charge on any atom is 0.387 e. The van der Waals surface area contributed by atoms with Gasteiger partial charge in [0, 0.05) is 13.0 Å². The molecule has 28 heavy (non-hydrogen) atoms. The molecular formula is C21H23F2NO4. The van der Waals surface area contributed by atoms with E-state index in [1.54, 1.807) is 43.3 Å². The van der Waals surface area contributed by atoms with Gasteiger partial charge in [-0.2, -0.15) is 8.78 Å². The number of halogens is 2. The molecule has 0 saturated carbocycles. The molecule has 7 heteroatoms. The number of carboxylic acids is 1. The van der Waals surface area contributed by atoms with Gasteiger partial charge in [0.05, 0.1) is 0 Å². The second-order valence-corrected chi connectivity index (χ2v) is 6.41. The van der Waals surface area contributed by atoms with Crippen molar-refractivity contribution in [3.05, 3.63) is 65.7 Å². The van der Waals surface area contributed by atoms with E-state index in [-0.39, 0.29) is 24.6 Å². The van der Waals surface area contributed by atoms with Gasteiger partial charge >= 0.3 is 12.6 Å². The van der Waals surface area contributed by atoms with E-state index >= 15 is 0 Å². The predicted octanol–water partition coefficient (Wildman–Crippen LogP) is 3.77. The van der Waals surface area contributed by atoms with E-state index in [4.69, 9.17) is 0 Å². The molecule has 2 rings (SSSR count). The minimum absolute atomic E-state index is 0.0111. The van der Waals surface area contributed by atoms with Crippen LogP contribution in [0.15, 0.2) is 54.6 Å². The number of rotatable bonds is 10. The van der Waals surface area contributed by atoms with Gasteiger partial charge in [0.1, 0.15) is 11.2 Å². The van der Waals surface area contributed by atoms with Gasteiger partial charge < -0.3 is 15.2 Å². The smallest absolute Gasteiger partial charge is 0.387 e. The Balaban J connectivity index is 1.93. The molecule has 1 unspecified atom stereocenters. The van der Waals surface area contributed by atoms with Gasteiger partial charge in [-0.3, -0.25) is 9.59 Å². The average molecular weight is 391 g/mol. The molecule has 0 aliphatic rings. The molecule has 0 bridgehead atoms. The summed E-state index contributed by atoms with van der Waals surface area (Å²) in [5.41, 5.74) is 0.241. The zero-order chi connectivity index (χ0) is 20.6. The highest BCUT2D eigenvalue weighted by Gasteiger charge is 2.38. The first-order chi connectivity index (χ1) is 13.4. The third-order valence-electron chi connectivity index (χ3n) is 4.72. The summed E-state index contributed by atoms with van der Waals surface area (Å²) in [6.45, 7) is -1.12. The van der Waals surface area contributed by atoms with E-state index in [9.17, 15) is 23.5 Å². The van der Waals surface area contributed by atoms with Crippen LogP contribution in [0.5, 0.6) is 5.75 Å². The van der Waals surface area contributed by atoms with Crippen LogP contribution in [0.1, 0.15) is 30.9 Å². The van der Waals surface area contributed by atoms with Crippen LogP contribution in [0.2, 0.25) is 0 Å². The Morgan fingerprint density at radius 2 is 1.75 bits per heavy atom. The maximum atomic E-state index is 12.2. The maximum absolute atomic E-state index is 12.2. The molecule has 2 aromatic rings. The SMILES string of the molecule is CCC(CNC(=O)CCc1ccc(OC(F)F)cc1)(C(=O)O)c1ccccc1. The lowest BCUT2D eigenvalue weighted by Gasteiger charge is -2.29. The number of ether oxygens (including phenoxy) is 1. The molecule has 0 aliphatic heterocycles. The largest absolute Gasteiger partial charge is 0.481 e. The Hall–Kier alpha value is -2.96. The first-order valence-electron chi connectivity index (χ1n) is 8.97. The van der Waals surface area contributed by atoms with Crippen molar-refractivity contribution in [1.29, 1.82) is 0 Å². The number of aliphatic carboxylic acids is 1. The summed E-state index contributed by atoms with van der Waals surface area (Å²) >= 11 is 0. The van der Waals surface area contributed by atoms with Gasteiger partial charge in [0.15, 0.2) is 0 Å². The van der Waals surface area contributed by atoms with Crippen molar-refractivity contribution < 1.29 is 28.2 Å². The molecule has 2 N–H and O–H groups in total. The van der Waals surface area contributed by atoms with E-state index in [0.29, 0.717) is 18.4 Å². The standard InChI is InChI=1S/C21H23F2NO4/c1-2-21(19(26)27,16-6-4-3-5-7-16)14-24-18(25)13-10-15-8-11-17(12-9-15)28-20(22)23/h3-9,11-12,20H,2,10,13-14H2,1H3,(H,24,25)(H,26,27). The van der Waals surface area contributed by atoms with E-state index in [2.05, 4.69) is 10.1 Å². The normalized spacial score (nSPS) is 13.0. The molecule has 0 saturated heterocycles. The first kappa shape index (κ1) is 21.3. The quantitative estimate of drug-likeness (QED) is 0.647. The summed E-state index contributed by atoms with van der Waals surface area (Å²) < 4.78 is 28.6. The van der Waals surface area contributed by atoms with Gasteiger partial charge in [-0.1, -0.05) is 49.4 Å². The summed E-state index contributed by atoms with van der Waals surface area (Å²) in [6, 6.07) is 14.9. The molecule has 0 fully saturated rings. The molecule has 0 aromatic heterocycles. The highest BCUT2D eigenvalue weighted by Crippen LogP contribution is 2.28. The lowest BCUT2D eigenvalue weighted by atomic mass is 9.78. The Morgan fingerprint density at radius 1 is 1.11 bits per heavy atom. The Labute approximate surface area is 162 Å². The lowest BCUT2D eigenvalue weighted by Crippen LogP contribution is -2.46. The van der Waals surface area contributed by atoms with Gasteiger partial charge in [-0.25, -0.2) is 0 Å². The van der Waals surface area contributed by atoms with Gasteiger partial charge in [-0.05, 0) is 36.1 Å². The average Bonchev–Trinajstić information content (AvgIpc) is 2.68. The summed E-state index contributed by atoms with van der Waals surface area (Å²) in [6.07, 6.45) is 0.889. The van der Waals surface area contributed by atoms with Crippen LogP contribution in [-0.4, -0.2) is 30.1 Å². The summed E-state index contributed by atoms with van der Waals surface area (Å²) in [5.74, 6) is -1.21. The van der Waals surface area contributed by atoms with Crippen molar-refractivity contribution in [2.75, 3.05) is 6.54 Å². The second-order valence-electron chi connectivity index (χ2n) is 6.41. The van der Waals surface area contributed by atoms with E-state index in [0.717, 1.165) is 5.56 Å². The number of alkyl halides is 2. The molecule has 2 aromatic carbocycles. The minimum Gasteiger partial charge on any atom is -0.481 e. The monoisotopic (exact) mass is 391 g/mol. The number of carbonyl (C=O) groups is 2. The van der Waals surface area contributed by atoms with Crippen LogP contribution in [0.3, 0.4) is 0 Å². The van der Waals surface area contributed by atoms with Crippen molar-refractivity contribution in [3.8, 4) is 5.75 Å². The fourth-order valence-corrected chi connectivity index (χ4v) is 2.97. The third kappa shape index (κ3) is 5.52. The van der Waals surface area contributed by atoms with Crippen LogP contribution in [0.4, 0.5) is 8.78 Å². The van der Waals surface area contributed by atoms with E-state index in [1.165, 1.54) is 12.1 Å². The van der Waals surface area contributed by atoms with Crippen LogP contribution in [0.25, 0.3) is 0 Å². The number of carboxylic acid groups (broad SMARTS) is 1. The zero-order valence-electron chi connectivity index (χ0n) is 15.5. The molecule has 5 nitrogen and oxygen atoms in total. The zero-order valence-corrected chi connectivity index (χ0v) is 15.5. The first-order valence-corrected chi connectivity index (χ1v) is 8.97. The van der Waals surface area contributed by atoms with Crippen molar-refractivity contribution in [3.63, 3.8) is 0 Å². The van der Waals surface area contributed by atoms with Gasteiger partial charge in [0.2, 0.25) is 5.91 Å². The highest BCUT2D eigenvalue weighted by atomic mass is 19.3. The third-order valence-corrected chi connectivity index (χ3v) is 4.72. The Morgan fingerprint density at radius 3 is 2.29 bits per heavy atom. The number of hydrogen-bond acceptors (Lipinski definition) is 3. The van der Waals surface area contributed by atoms with Gasteiger partial charge in [0.25, 0.3) is 0 Å². The summed E-state index contributed by atoms with van der Waals surface area (Å²) in [4.78, 5) is 24.2. The second kappa shape index (κ2) is 9.82. The van der Waals surface area contributed by atoms with E-state index < -0.39 is 18.0 Å². The predicted molar refractivity (Wildman–Crippen MR) is 100 cm³/mol. The fraction of sp³-hybridized carbons (Fsp3) is 0.333. The number of carbonyl (C=O) groups excluding carboxylic acids is 1. The molecule has 0 heterocycles. The van der Waals surface area contributed by atoms with Crippen LogP contribution in [-0.2, 0) is 21.4 Å². The van der Waals surface area contributed by atoms with Crippen molar-refractivity contribution in [2.45, 2.75) is 38.2 Å². The number of nitrogens with one attached hydrogen (secondary N) is 1. The van der Waals surface area contributed by atoms with Crippen LogP contribution in [0, 0.1) is 0 Å². The van der Waals surface area contributed by atoms with Gasteiger partial charge in [-0.15, -0.1) is 0 Å².